The summed E-state index contributed by atoms with van der Waals surface area (Å²) in [7, 11) is 1.29. The van der Waals surface area contributed by atoms with Crippen molar-refractivity contribution in [1.29, 1.82) is 0 Å². The number of methoxy groups -OCH3 is 1. The van der Waals surface area contributed by atoms with Crippen molar-refractivity contribution in [3.05, 3.63) is 58.4 Å². The minimum Gasteiger partial charge on any atom is -0.467 e. The number of benzene rings is 1. The van der Waals surface area contributed by atoms with Crippen LogP contribution in [0.1, 0.15) is 42.6 Å². The number of aromatic nitrogens is 2. The zero-order chi connectivity index (χ0) is 19.8. The molecule has 0 spiro atoms. The summed E-state index contributed by atoms with van der Waals surface area (Å²) in [6.45, 7) is 4.67. The molecule has 0 saturated carbocycles. The molecule has 1 unspecified atom stereocenters. The minimum absolute atomic E-state index is 0.425. The zero-order valence-corrected chi connectivity index (χ0v) is 16.5. The molecule has 0 aliphatic rings. The van der Waals surface area contributed by atoms with Gasteiger partial charge in [0.25, 0.3) is 0 Å². The Morgan fingerprint density at radius 1 is 1.33 bits per heavy atom. The van der Waals surface area contributed by atoms with Gasteiger partial charge in [-0.3, -0.25) is 9.48 Å². The summed E-state index contributed by atoms with van der Waals surface area (Å²) >= 11 is 6.37. The molecule has 0 aliphatic carbocycles. The lowest BCUT2D eigenvalue weighted by Crippen LogP contribution is -2.33. The highest BCUT2D eigenvalue weighted by atomic mass is 35.5. The van der Waals surface area contributed by atoms with E-state index in [0.29, 0.717) is 16.3 Å². The van der Waals surface area contributed by atoms with Crippen LogP contribution in [0.4, 0.5) is 0 Å². The summed E-state index contributed by atoms with van der Waals surface area (Å²) in [5, 5.41) is 7.56. The number of unbranched alkanes of at least 4 members (excludes halogenated alkanes) is 1. The minimum atomic E-state index is -0.878. The first kappa shape index (κ1) is 20.7. The molecule has 1 aromatic heterocycles. The Hall–Kier alpha value is -2.60. The van der Waals surface area contributed by atoms with Crippen LogP contribution >= 0.6 is 11.6 Å². The molecule has 1 atom stereocenters. The predicted molar refractivity (Wildman–Crippen MR) is 105 cm³/mol. The first-order valence-electron chi connectivity index (χ1n) is 8.82. The quantitative estimate of drug-likeness (QED) is 0.552. The van der Waals surface area contributed by atoms with Crippen molar-refractivity contribution >= 4 is 29.6 Å². The van der Waals surface area contributed by atoms with Gasteiger partial charge in [-0.1, -0.05) is 55.3 Å². The Morgan fingerprint density at radius 3 is 2.67 bits per heavy atom. The Balaban J connectivity index is 2.14. The maximum absolute atomic E-state index is 12.3. The van der Waals surface area contributed by atoms with Crippen LogP contribution in [0.3, 0.4) is 0 Å². The third kappa shape index (κ3) is 5.44. The number of nitrogens with one attached hydrogen (secondary N) is 1. The van der Waals surface area contributed by atoms with E-state index in [1.54, 1.807) is 35.0 Å². The highest BCUT2D eigenvalue weighted by Crippen LogP contribution is 2.22. The van der Waals surface area contributed by atoms with Gasteiger partial charge in [0.15, 0.2) is 6.04 Å². The number of rotatable bonds is 8. The lowest BCUT2D eigenvalue weighted by atomic mass is 10.1. The number of halogens is 1. The molecule has 0 fully saturated rings. The standard InChI is InChI=1S/C20H24ClN3O3/c1-4-5-13-24-19(21)16(14(2)23-24)11-12-17(25)22-18(20(26)27-3)15-9-7-6-8-10-15/h6-12,18H,4-5,13H2,1-3H3,(H,22,25)/b12-11+. The molecular formula is C20H24ClN3O3. The molecule has 0 bridgehead atoms. The van der Waals surface area contributed by atoms with Gasteiger partial charge in [0.05, 0.1) is 12.8 Å². The summed E-state index contributed by atoms with van der Waals surface area (Å²) in [6, 6.07) is 8.05. The van der Waals surface area contributed by atoms with E-state index in [9.17, 15) is 9.59 Å². The van der Waals surface area contributed by atoms with E-state index in [2.05, 4.69) is 17.3 Å². The Morgan fingerprint density at radius 2 is 2.04 bits per heavy atom. The Kier molecular flexibility index (Phi) is 7.61. The number of carbonyl (C=O) groups excluding carboxylic acids is 2. The van der Waals surface area contributed by atoms with Gasteiger partial charge in [0, 0.05) is 18.2 Å². The van der Waals surface area contributed by atoms with E-state index >= 15 is 0 Å². The fraction of sp³-hybridized carbons (Fsp3) is 0.350. The van der Waals surface area contributed by atoms with Gasteiger partial charge in [0.1, 0.15) is 5.15 Å². The third-order valence-electron chi connectivity index (χ3n) is 4.09. The van der Waals surface area contributed by atoms with Crippen LogP contribution in [0.2, 0.25) is 5.15 Å². The fourth-order valence-corrected chi connectivity index (χ4v) is 2.93. The molecule has 1 amide bonds. The number of hydrogen-bond acceptors (Lipinski definition) is 4. The molecule has 2 rings (SSSR count). The predicted octanol–water partition coefficient (Wildman–Crippen LogP) is 3.69. The highest BCUT2D eigenvalue weighted by molar-refractivity contribution is 6.31. The van der Waals surface area contributed by atoms with E-state index in [4.69, 9.17) is 16.3 Å². The monoisotopic (exact) mass is 389 g/mol. The van der Waals surface area contributed by atoms with Crippen molar-refractivity contribution in [2.45, 2.75) is 39.3 Å². The first-order valence-corrected chi connectivity index (χ1v) is 9.20. The van der Waals surface area contributed by atoms with Gasteiger partial charge >= 0.3 is 5.97 Å². The molecule has 144 valence electrons. The molecule has 27 heavy (non-hydrogen) atoms. The number of hydrogen-bond donors (Lipinski definition) is 1. The molecule has 1 aromatic carbocycles. The number of amides is 1. The van der Waals surface area contributed by atoms with Crippen LogP contribution in [-0.4, -0.2) is 28.8 Å². The van der Waals surface area contributed by atoms with Gasteiger partial charge in [-0.05, 0) is 25.0 Å². The molecule has 1 N–H and O–H groups in total. The van der Waals surface area contributed by atoms with Crippen LogP contribution < -0.4 is 5.32 Å². The van der Waals surface area contributed by atoms with Crippen molar-refractivity contribution in [3.8, 4) is 0 Å². The van der Waals surface area contributed by atoms with Crippen molar-refractivity contribution < 1.29 is 14.3 Å². The maximum Gasteiger partial charge on any atom is 0.333 e. The van der Waals surface area contributed by atoms with Gasteiger partial charge in [-0.25, -0.2) is 4.79 Å². The molecule has 6 nitrogen and oxygen atoms in total. The van der Waals surface area contributed by atoms with Crippen LogP contribution in [0.5, 0.6) is 0 Å². The van der Waals surface area contributed by atoms with Crippen molar-refractivity contribution in [2.24, 2.45) is 0 Å². The summed E-state index contributed by atoms with van der Waals surface area (Å²) in [5.41, 5.74) is 2.08. The summed E-state index contributed by atoms with van der Waals surface area (Å²) < 4.78 is 6.53. The molecule has 7 heteroatoms. The van der Waals surface area contributed by atoms with Gasteiger partial charge in [-0.2, -0.15) is 5.10 Å². The number of aryl methyl sites for hydroxylation is 2. The Bertz CT molecular complexity index is 815. The van der Waals surface area contributed by atoms with Gasteiger partial charge < -0.3 is 10.1 Å². The maximum atomic E-state index is 12.3. The van der Waals surface area contributed by atoms with Crippen molar-refractivity contribution in [2.75, 3.05) is 7.11 Å². The third-order valence-corrected chi connectivity index (χ3v) is 4.49. The molecular weight excluding hydrogens is 366 g/mol. The van der Waals surface area contributed by atoms with Crippen molar-refractivity contribution in [1.82, 2.24) is 15.1 Å². The van der Waals surface area contributed by atoms with Crippen LogP contribution in [-0.2, 0) is 20.9 Å². The van der Waals surface area contributed by atoms with Gasteiger partial charge in [0.2, 0.25) is 5.91 Å². The SMILES string of the molecule is CCCCn1nc(C)c(/C=C/C(=O)NC(C(=O)OC)c2ccccc2)c1Cl. The summed E-state index contributed by atoms with van der Waals surface area (Å²) in [5.74, 6) is -0.962. The number of ether oxygens (including phenoxy) is 1. The average molecular weight is 390 g/mol. The largest absolute Gasteiger partial charge is 0.467 e. The normalized spacial score (nSPS) is 12.1. The number of nitrogens with zero attached hydrogens (tertiary/aromatic N) is 2. The second kappa shape index (κ2) is 9.92. The highest BCUT2D eigenvalue weighted by Gasteiger charge is 2.22. The first-order chi connectivity index (χ1) is 13.0. The number of carbonyl (C=O) groups is 2. The van der Waals surface area contributed by atoms with Gasteiger partial charge in [-0.15, -0.1) is 0 Å². The Labute approximate surface area is 164 Å². The molecule has 0 aliphatic heterocycles. The average Bonchev–Trinajstić information content (AvgIpc) is 2.95. The van der Waals surface area contributed by atoms with Crippen LogP contribution in [0, 0.1) is 6.92 Å². The van der Waals surface area contributed by atoms with E-state index in [1.165, 1.54) is 13.2 Å². The second-order valence-corrected chi connectivity index (χ2v) is 6.43. The molecule has 0 saturated heterocycles. The lowest BCUT2D eigenvalue weighted by molar-refractivity contribution is -0.144. The van der Waals surface area contributed by atoms with E-state index in [-0.39, 0.29) is 0 Å². The number of esters is 1. The summed E-state index contributed by atoms with van der Waals surface area (Å²) in [6.07, 6.45) is 4.97. The van der Waals surface area contributed by atoms with Crippen LogP contribution in [0.15, 0.2) is 36.4 Å². The smallest absolute Gasteiger partial charge is 0.333 e. The van der Waals surface area contributed by atoms with E-state index in [0.717, 1.165) is 25.1 Å². The molecule has 0 radical (unpaired) electrons. The van der Waals surface area contributed by atoms with Crippen molar-refractivity contribution in [3.63, 3.8) is 0 Å². The van der Waals surface area contributed by atoms with Crippen LogP contribution in [0.25, 0.3) is 6.08 Å². The van der Waals surface area contributed by atoms with E-state index in [1.807, 2.05) is 13.0 Å². The molecule has 1 heterocycles. The summed E-state index contributed by atoms with van der Waals surface area (Å²) in [4.78, 5) is 24.4. The topological polar surface area (TPSA) is 73.2 Å². The zero-order valence-electron chi connectivity index (χ0n) is 15.7. The molecule has 2 aromatic rings. The lowest BCUT2D eigenvalue weighted by Gasteiger charge is -2.15. The fourth-order valence-electron chi connectivity index (χ4n) is 2.60. The second-order valence-electron chi connectivity index (χ2n) is 6.08. The van der Waals surface area contributed by atoms with E-state index < -0.39 is 17.9 Å².